The number of hydrogen-bond acceptors (Lipinski definition) is 5. The van der Waals surface area contributed by atoms with Crippen LogP contribution in [-0.4, -0.2) is 47.9 Å². The number of likely N-dealkylation sites (N-methyl/N-ethyl adjacent to an activating group) is 1. The summed E-state index contributed by atoms with van der Waals surface area (Å²) in [6, 6.07) is 7.05. The molecule has 1 aromatic rings. The summed E-state index contributed by atoms with van der Waals surface area (Å²) < 4.78 is 0. The lowest BCUT2D eigenvalue weighted by Crippen LogP contribution is -2.34. The Morgan fingerprint density at radius 3 is 2.68 bits per heavy atom. The van der Waals surface area contributed by atoms with Crippen LogP contribution in [0.3, 0.4) is 0 Å². The number of β-amino-alcohol motifs (C(OH)–C–C–N with tert-alkyl or cyclic N) is 1. The fourth-order valence-corrected chi connectivity index (χ4v) is 2.11. The van der Waals surface area contributed by atoms with Crippen molar-refractivity contribution in [2.75, 3.05) is 25.5 Å². The molecule has 0 aliphatic carbocycles. The van der Waals surface area contributed by atoms with Gasteiger partial charge in [-0.15, -0.1) is 0 Å². The second-order valence-electron chi connectivity index (χ2n) is 4.71. The molecule has 1 aliphatic rings. The van der Waals surface area contributed by atoms with E-state index in [0.717, 1.165) is 4.90 Å². The van der Waals surface area contributed by atoms with Gasteiger partial charge in [-0.3, -0.25) is 19.3 Å². The number of carbonyl (C=O) groups excluding carboxylic acids is 3. The van der Waals surface area contributed by atoms with Crippen LogP contribution in [0.25, 0.3) is 0 Å². The Bertz CT molecular complexity index is 639. The van der Waals surface area contributed by atoms with Crippen LogP contribution in [0.5, 0.6) is 0 Å². The van der Waals surface area contributed by atoms with E-state index in [1.54, 1.807) is 31.3 Å². The maximum absolute atomic E-state index is 12.1. The highest BCUT2D eigenvalue weighted by atomic mass is 16.3. The molecule has 1 aliphatic heterocycles. The summed E-state index contributed by atoms with van der Waals surface area (Å²) in [7, 11) is 1.55. The van der Waals surface area contributed by atoms with Crippen molar-refractivity contribution in [3.05, 3.63) is 41.6 Å². The zero-order valence-corrected chi connectivity index (χ0v) is 12.1. The summed E-state index contributed by atoms with van der Waals surface area (Å²) in [5.74, 6) is -1.11. The van der Waals surface area contributed by atoms with Gasteiger partial charge in [0.1, 0.15) is 5.70 Å². The Kier molecular flexibility index (Phi) is 4.90. The van der Waals surface area contributed by atoms with Crippen molar-refractivity contribution < 1.29 is 19.5 Å². The molecule has 22 heavy (non-hydrogen) atoms. The van der Waals surface area contributed by atoms with Gasteiger partial charge in [-0.05, 0) is 11.6 Å². The van der Waals surface area contributed by atoms with Gasteiger partial charge >= 0.3 is 0 Å². The van der Waals surface area contributed by atoms with Gasteiger partial charge in [-0.2, -0.15) is 0 Å². The first-order valence-electron chi connectivity index (χ1n) is 6.80. The van der Waals surface area contributed by atoms with E-state index in [1.807, 2.05) is 0 Å². The number of nitrogens with one attached hydrogen (secondary N) is 2. The minimum absolute atomic E-state index is 0.0424. The number of amides is 3. The monoisotopic (exact) mass is 303 g/mol. The molecule has 7 nitrogen and oxygen atoms in total. The van der Waals surface area contributed by atoms with E-state index in [1.165, 1.54) is 6.08 Å². The van der Waals surface area contributed by atoms with Gasteiger partial charge in [-0.25, -0.2) is 0 Å². The minimum atomic E-state index is -0.492. The molecular formula is C15H17N3O4. The number of para-hydroxylation sites is 1. The summed E-state index contributed by atoms with van der Waals surface area (Å²) in [4.78, 5) is 36.3. The molecule has 7 heteroatoms. The Morgan fingerprint density at radius 1 is 1.27 bits per heavy atom. The van der Waals surface area contributed by atoms with Crippen LogP contribution in [0, 0.1) is 0 Å². The predicted octanol–water partition coefficient (Wildman–Crippen LogP) is -0.368. The van der Waals surface area contributed by atoms with Crippen LogP contribution in [0.1, 0.15) is 5.56 Å². The summed E-state index contributed by atoms with van der Waals surface area (Å²) in [5, 5.41) is 14.3. The Morgan fingerprint density at radius 2 is 2.00 bits per heavy atom. The predicted molar refractivity (Wildman–Crippen MR) is 79.7 cm³/mol. The lowest BCUT2D eigenvalue weighted by molar-refractivity contribution is -0.137. The molecule has 0 atom stereocenters. The number of aliphatic hydroxyl groups is 1. The van der Waals surface area contributed by atoms with Crippen LogP contribution in [0.4, 0.5) is 5.69 Å². The number of rotatable bonds is 6. The van der Waals surface area contributed by atoms with Gasteiger partial charge in [0, 0.05) is 18.8 Å². The number of benzene rings is 1. The summed E-state index contributed by atoms with van der Waals surface area (Å²) >= 11 is 0. The second-order valence-corrected chi connectivity index (χ2v) is 4.71. The first kappa shape index (κ1) is 15.7. The van der Waals surface area contributed by atoms with Crippen molar-refractivity contribution in [3.63, 3.8) is 0 Å². The Hall–Kier alpha value is -2.67. The Labute approximate surface area is 127 Å². The average molecular weight is 303 g/mol. The van der Waals surface area contributed by atoms with Crippen molar-refractivity contribution in [1.29, 1.82) is 0 Å². The molecule has 1 aromatic carbocycles. The summed E-state index contributed by atoms with van der Waals surface area (Å²) in [5.41, 5.74) is 1.43. The fraction of sp³-hybridized carbons (Fsp3) is 0.267. The highest BCUT2D eigenvalue weighted by molar-refractivity contribution is 6.17. The number of aliphatic hydroxyl groups excluding tert-OH is 1. The number of nitrogens with zero attached hydrogens (tertiary/aromatic N) is 1. The van der Waals surface area contributed by atoms with E-state index in [2.05, 4.69) is 10.6 Å². The van der Waals surface area contributed by atoms with Crippen molar-refractivity contribution in [2.45, 2.75) is 6.42 Å². The van der Waals surface area contributed by atoms with Crippen molar-refractivity contribution >= 4 is 23.4 Å². The van der Waals surface area contributed by atoms with Crippen LogP contribution in [-0.2, 0) is 20.8 Å². The quantitative estimate of drug-likeness (QED) is 0.623. The first-order valence-corrected chi connectivity index (χ1v) is 6.80. The lowest BCUT2D eigenvalue weighted by Gasteiger charge is -2.15. The zero-order chi connectivity index (χ0) is 16.1. The normalized spacial score (nSPS) is 14.1. The van der Waals surface area contributed by atoms with E-state index < -0.39 is 11.8 Å². The molecular weight excluding hydrogens is 286 g/mol. The molecule has 0 aromatic heterocycles. The van der Waals surface area contributed by atoms with Crippen molar-refractivity contribution in [3.8, 4) is 0 Å². The molecule has 0 fully saturated rings. The van der Waals surface area contributed by atoms with E-state index in [0.29, 0.717) is 11.3 Å². The fourth-order valence-electron chi connectivity index (χ4n) is 2.11. The van der Waals surface area contributed by atoms with E-state index in [4.69, 9.17) is 5.11 Å². The third-order valence-electron chi connectivity index (χ3n) is 3.25. The van der Waals surface area contributed by atoms with Gasteiger partial charge in [0.25, 0.3) is 11.8 Å². The second kappa shape index (κ2) is 6.86. The molecule has 116 valence electrons. The van der Waals surface area contributed by atoms with Gasteiger partial charge in [-0.1, -0.05) is 18.2 Å². The molecule has 3 amide bonds. The lowest BCUT2D eigenvalue weighted by atomic mass is 10.1. The van der Waals surface area contributed by atoms with Crippen molar-refractivity contribution in [2.24, 2.45) is 0 Å². The molecule has 3 N–H and O–H groups in total. The molecule has 0 saturated carbocycles. The molecule has 0 bridgehead atoms. The smallest absolute Gasteiger partial charge is 0.277 e. The van der Waals surface area contributed by atoms with Gasteiger partial charge in [0.05, 0.1) is 19.6 Å². The molecule has 0 saturated heterocycles. The zero-order valence-electron chi connectivity index (χ0n) is 12.1. The Balaban J connectivity index is 2.18. The average Bonchev–Trinajstić information content (AvgIpc) is 2.77. The molecule has 2 rings (SSSR count). The maximum atomic E-state index is 12.1. The van der Waals surface area contributed by atoms with Gasteiger partial charge in [0.2, 0.25) is 5.91 Å². The largest absolute Gasteiger partial charge is 0.395 e. The first-order chi connectivity index (χ1) is 10.6. The highest BCUT2D eigenvalue weighted by Gasteiger charge is 2.30. The molecule has 1 heterocycles. The summed E-state index contributed by atoms with van der Waals surface area (Å²) in [6.07, 6.45) is 1.35. The minimum Gasteiger partial charge on any atom is -0.395 e. The summed E-state index contributed by atoms with van der Waals surface area (Å²) in [6.45, 7) is -0.328. The third kappa shape index (κ3) is 3.32. The van der Waals surface area contributed by atoms with Crippen LogP contribution in [0.15, 0.2) is 36.0 Å². The molecule has 0 unspecified atom stereocenters. The molecule has 0 radical (unpaired) electrons. The number of carbonyl (C=O) groups is 3. The maximum Gasteiger partial charge on any atom is 0.277 e. The van der Waals surface area contributed by atoms with Gasteiger partial charge in [0.15, 0.2) is 0 Å². The number of anilines is 1. The van der Waals surface area contributed by atoms with E-state index in [-0.39, 0.29) is 31.2 Å². The van der Waals surface area contributed by atoms with Gasteiger partial charge < -0.3 is 15.7 Å². The third-order valence-corrected chi connectivity index (χ3v) is 3.25. The van der Waals surface area contributed by atoms with Crippen LogP contribution >= 0.6 is 0 Å². The SMILES string of the molecule is CNC(=O)Cc1ccccc1NC1=CC(=O)N(CCO)C1=O. The standard InChI is InChI=1S/C15H17N3O4/c1-16-13(20)8-10-4-2-3-5-11(10)17-12-9-14(21)18(6-7-19)15(12)22/h2-5,9,17,19H,6-8H2,1H3,(H,16,20). The topological polar surface area (TPSA) is 98.7 Å². The molecule has 0 spiro atoms. The van der Waals surface area contributed by atoms with Crippen LogP contribution in [0.2, 0.25) is 0 Å². The van der Waals surface area contributed by atoms with E-state index >= 15 is 0 Å². The number of imide groups is 1. The highest BCUT2D eigenvalue weighted by Crippen LogP contribution is 2.21. The van der Waals surface area contributed by atoms with Crippen molar-refractivity contribution in [1.82, 2.24) is 10.2 Å². The number of hydrogen-bond donors (Lipinski definition) is 3. The van der Waals surface area contributed by atoms with Crippen LogP contribution < -0.4 is 10.6 Å². The van der Waals surface area contributed by atoms with E-state index in [9.17, 15) is 14.4 Å².